The van der Waals surface area contributed by atoms with E-state index >= 15 is 0 Å². The second kappa shape index (κ2) is 6.63. The Kier molecular flexibility index (Phi) is 4.38. The van der Waals surface area contributed by atoms with Crippen LogP contribution < -0.4 is 5.32 Å². The van der Waals surface area contributed by atoms with E-state index in [4.69, 9.17) is 4.74 Å². The van der Waals surface area contributed by atoms with Gasteiger partial charge in [-0.15, -0.1) is 0 Å². The van der Waals surface area contributed by atoms with Gasteiger partial charge in [-0.25, -0.2) is 0 Å². The molecule has 0 saturated carbocycles. The molecule has 1 atom stereocenters. The molecule has 1 saturated heterocycles. The molecule has 2 aliphatic rings. The molecular weight excluding hydrogens is 352 g/mol. The lowest BCUT2D eigenvalue weighted by molar-refractivity contribution is -0.0329. The van der Waals surface area contributed by atoms with Gasteiger partial charge in [0.25, 0.3) is 0 Å². The van der Waals surface area contributed by atoms with Gasteiger partial charge in [-0.1, -0.05) is 46.3 Å². The lowest BCUT2D eigenvalue weighted by Crippen LogP contribution is -2.37. The van der Waals surface area contributed by atoms with Gasteiger partial charge in [-0.05, 0) is 35.2 Å². The zero-order valence-corrected chi connectivity index (χ0v) is 14.7. The summed E-state index contributed by atoms with van der Waals surface area (Å²) in [5, 5.41) is 3.54. The molecule has 2 aliphatic heterocycles. The average Bonchev–Trinajstić information content (AvgIpc) is 3.05. The van der Waals surface area contributed by atoms with E-state index in [-0.39, 0.29) is 6.10 Å². The van der Waals surface area contributed by atoms with E-state index in [9.17, 15) is 0 Å². The Morgan fingerprint density at radius 3 is 3.04 bits per heavy atom. The minimum absolute atomic E-state index is 0.158. The van der Waals surface area contributed by atoms with Crippen molar-refractivity contribution >= 4 is 21.6 Å². The number of halogens is 1. The highest BCUT2D eigenvalue weighted by Gasteiger charge is 2.23. The monoisotopic (exact) mass is 372 g/mol. The summed E-state index contributed by atoms with van der Waals surface area (Å²) < 4.78 is 7.11. The number of nitrogens with zero attached hydrogens (tertiary/aromatic N) is 1. The Morgan fingerprint density at radius 2 is 2.13 bits per heavy atom. The number of anilines is 1. The van der Waals surface area contributed by atoms with Crippen LogP contribution in [0.3, 0.4) is 0 Å². The van der Waals surface area contributed by atoms with Gasteiger partial charge >= 0.3 is 0 Å². The van der Waals surface area contributed by atoms with Crippen LogP contribution in [0.15, 0.2) is 46.9 Å². The zero-order valence-electron chi connectivity index (χ0n) is 13.1. The molecule has 2 aromatic carbocycles. The number of benzene rings is 2. The first-order valence-corrected chi connectivity index (χ1v) is 9.03. The molecular formula is C19H21BrN2O. The Bertz CT molecular complexity index is 704. The van der Waals surface area contributed by atoms with Gasteiger partial charge in [-0.3, -0.25) is 4.90 Å². The molecule has 1 unspecified atom stereocenters. The van der Waals surface area contributed by atoms with E-state index in [1.807, 2.05) is 0 Å². The third-order valence-electron chi connectivity index (χ3n) is 4.70. The number of fused-ring (bicyclic) bond motifs is 1. The topological polar surface area (TPSA) is 24.5 Å². The van der Waals surface area contributed by atoms with Crippen LogP contribution in [0.5, 0.6) is 0 Å². The standard InChI is InChI=1S/C19H21BrN2O/c20-17-6-2-4-15(11-17)18-13-22(9-10-23-18)12-16-5-1-3-14-7-8-21-19(14)16/h1-6,11,18,21H,7-10,12-13H2. The number of para-hydroxylation sites is 1. The van der Waals surface area contributed by atoms with Crippen LogP contribution in [-0.4, -0.2) is 31.1 Å². The van der Waals surface area contributed by atoms with E-state index in [1.54, 1.807) is 0 Å². The highest BCUT2D eigenvalue weighted by Crippen LogP contribution is 2.30. The maximum Gasteiger partial charge on any atom is 0.0952 e. The summed E-state index contributed by atoms with van der Waals surface area (Å²) >= 11 is 3.55. The van der Waals surface area contributed by atoms with E-state index in [0.29, 0.717) is 0 Å². The molecule has 3 nitrogen and oxygen atoms in total. The van der Waals surface area contributed by atoms with Crippen LogP contribution in [0.1, 0.15) is 22.8 Å². The van der Waals surface area contributed by atoms with Gasteiger partial charge in [0.2, 0.25) is 0 Å². The van der Waals surface area contributed by atoms with Crippen LogP contribution in [0.4, 0.5) is 5.69 Å². The van der Waals surface area contributed by atoms with Crippen molar-refractivity contribution in [2.45, 2.75) is 19.1 Å². The molecule has 120 valence electrons. The number of hydrogen-bond donors (Lipinski definition) is 1. The fourth-order valence-corrected chi connectivity index (χ4v) is 3.96. The maximum absolute atomic E-state index is 6.00. The van der Waals surface area contributed by atoms with Crippen molar-refractivity contribution in [2.24, 2.45) is 0 Å². The molecule has 2 aromatic rings. The summed E-state index contributed by atoms with van der Waals surface area (Å²) in [6, 6.07) is 15.1. The molecule has 0 bridgehead atoms. The molecule has 4 heteroatoms. The quantitative estimate of drug-likeness (QED) is 0.881. The molecule has 23 heavy (non-hydrogen) atoms. The molecule has 4 rings (SSSR count). The first-order chi connectivity index (χ1) is 11.3. The lowest BCUT2D eigenvalue weighted by atomic mass is 10.1. The third kappa shape index (κ3) is 3.30. The Labute approximate surface area is 145 Å². The Morgan fingerprint density at radius 1 is 1.22 bits per heavy atom. The van der Waals surface area contributed by atoms with Gasteiger partial charge in [0.15, 0.2) is 0 Å². The van der Waals surface area contributed by atoms with Crippen molar-refractivity contribution < 1.29 is 4.74 Å². The van der Waals surface area contributed by atoms with Crippen molar-refractivity contribution in [3.63, 3.8) is 0 Å². The van der Waals surface area contributed by atoms with Gasteiger partial charge in [0, 0.05) is 36.3 Å². The van der Waals surface area contributed by atoms with Crippen LogP contribution >= 0.6 is 15.9 Å². The first-order valence-electron chi connectivity index (χ1n) is 8.24. The molecule has 1 N–H and O–H groups in total. The molecule has 2 heterocycles. The van der Waals surface area contributed by atoms with E-state index in [0.717, 1.165) is 43.7 Å². The minimum Gasteiger partial charge on any atom is -0.384 e. The Balaban J connectivity index is 1.49. The van der Waals surface area contributed by atoms with Gasteiger partial charge in [0.05, 0.1) is 12.7 Å². The number of ether oxygens (including phenoxy) is 1. The minimum atomic E-state index is 0.158. The van der Waals surface area contributed by atoms with Gasteiger partial charge in [0.1, 0.15) is 0 Å². The summed E-state index contributed by atoms with van der Waals surface area (Å²) in [5.41, 5.74) is 5.48. The fraction of sp³-hybridized carbons (Fsp3) is 0.368. The highest BCUT2D eigenvalue weighted by molar-refractivity contribution is 9.10. The fourth-order valence-electron chi connectivity index (χ4n) is 3.54. The summed E-state index contributed by atoms with van der Waals surface area (Å²) in [6.45, 7) is 4.79. The largest absolute Gasteiger partial charge is 0.384 e. The molecule has 0 aromatic heterocycles. The Hall–Kier alpha value is -1.36. The van der Waals surface area contributed by atoms with E-state index in [2.05, 4.69) is 68.6 Å². The van der Waals surface area contributed by atoms with Gasteiger partial charge in [-0.2, -0.15) is 0 Å². The number of rotatable bonds is 3. The predicted octanol–water partition coefficient (Wildman–Crippen LogP) is 3.99. The molecule has 0 amide bonds. The predicted molar refractivity (Wildman–Crippen MR) is 96.7 cm³/mol. The number of nitrogens with one attached hydrogen (secondary N) is 1. The number of morpholine rings is 1. The van der Waals surface area contributed by atoms with Crippen LogP contribution in [0.25, 0.3) is 0 Å². The summed E-state index contributed by atoms with van der Waals surface area (Å²) in [6.07, 6.45) is 1.30. The average molecular weight is 373 g/mol. The summed E-state index contributed by atoms with van der Waals surface area (Å²) in [7, 11) is 0. The highest BCUT2D eigenvalue weighted by atomic mass is 79.9. The number of hydrogen-bond acceptors (Lipinski definition) is 3. The van der Waals surface area contributed by atoms with Crippen LogP contribution in [0.2, 0.25) is 0 Å². The SMILES string of the molecule is Brc1cccc(C2CN(Cc3cccc4c3NCC4)CCO2)c1. The van der Waals surface area contributed by atoms with E-state index in [1.165, 1.54) is 22.4 Å². The molecule has 0 radical (unpaired) electrons. The van der Waals surface area contributed by atoms with Crippen molar-refractivity contribution in [1.82, 2.24) is 4.90 Å². The van der Waals surface area contributed by atoms with Crippen LogP contribution in [0, 0.1) is 0 Å². The molecule has 1 fully saturated rings. The normalized spacial score (nSPS) is 21.0. The van der Waals surface area contributed by atoms with Crippen LogP contribution in [-0.2, 0) is 17.7 Å². The molecule has 0 aliphatic carbocycles. The van der Waals surface area contributed by atoms with E-state index < -0.39 is 0 Å². The summed E-state index contributed by atoms with van der Waals surface area (Å²) in [4.78, 5) is 2.50. The smallest absolute Gasteiger partial charge is 0.0952 e. The zero-order chi connectivity index (χ0) is 15.6. The first kappa shape index (κ1) is 15.2. The lowest BCUT2D eigenvalue weighted by Gasteiger charge is -2.33. The summed E-state index contributed by atoms with van der Waals surface area (Å²) in [5.74, 6) is 0. The van der Waals surface area contributed by atoms with Crippen molar-refractivity contribution in [3.8, 4) is 0 Å². The van der Waals surface area contributed by atoms with Crippen molar-refractivity contribution in [3.05, 3.63) is 63.6 Å². The second-order valence-corrected chi connectivity index (χ2v) is 7.19. The third-order valence-corrected chi connectivity index (χ3v) is 5.19. The maximum atomic E-state index is 6.00. The second-order valence-electron chi connectivity index (χ2n) is 6.28. The van der Waals surface area contributed by atoms with Crippen molar-refractivity contribution in [2.75, 3.05) is 31.6 Å². The van der Waals surface area contributed by atoms with Gasteiger partial charge < -0.3 is 10.1 Å². The van der Waals surface area contributed by atoms with Crippen molar-refractivity contribution in [1.29, 1.82) is 0 Å². The molecule has 0 spiro atoms.